The molecule has 30 heavy (non-hydrogen) atoms. The first-order valence-corrected chi connectivity index (χ1v) is 11.6. The minimum absolute atomic E-state index is 0.0454. The van der Waals surface area contributed by atoms with Crippen LogP contribution in [0, 0.1) is 5.82 Å². The number of rotatable bonds is 3. The average molecular weight is 457 g/mol. The zero-order valence-corrected chi connectivity index (χ0v) is 18.4. The third kappa shape index (κ3) is 3.74. The number of nitrogens with zero attached hydrogens (tertiary/aromatic N) is 4. The van der Waals surface area contributed by atoms with Gasteiger partial charge in [0.1, 0.15) is 5.82 Å². The second kappa shape index (κ2) is 7.81. The molecular formula is C20H26ClFN4O3S. The minimum Gasteiger partial charge on any atom is -0.505 e. The van der Waals surface area contributed by atoms with Crippen molar-refractivity contribution in [2.24, 2.45) is 0 Å². The molecule has 1 aromatic carbocycles. The largest absolute Gasteiger partial charge is 0.505 e. The maximum atomic E-state index is 13.9. The van der Waals surface area contributed by atoms with Gasteiger partial charge in [0.2, 0.25) is 0 Å². The van der Waals surface area contributed by atoms with Crippen molar-refractivity contribution in [1.29, 1.82) is 0 Å². The molecule has 0 aliphatic carbocycles. The second-order valence-corrected chi connectivity index (χ2v) is 10.6. The van der Waals surface area contributed by atoms with Crippen LogP contribution in [-0.4, -0.2) is 60.1 Å². The molecule has 1 aromatic heterocycles. The molecule has 3 heterocycles. The summed E-state index contributed by atoms with van der Waals surface area (Å²) >= 11 is 6.01. The summed E-state index contributed by atoms with van der Waals surface area (Å²) in [6, 6.07) is 7.79. The number of aromatic hydroxyl groups is 1. The summed E-state index contributed by atoms with van der Waals surface area (Å²) in [7, 11) is -1.54. The Morgan fingerprint density at radius 2 is 2.10 bits per heavy atom. The van der Waals surface area contributed by atoms with E-state index in [2.05, 4.69) is 16.8 Å². The van der Waals surface area contributed by atoms with E-state index in [9.17, 15) is 18.6 Å². The Morgan fingerprint density at radius 1 is 1.33 bits per heavy atom. The summed E-state index contributed by atoms with van der Waals surface area (Å²) in [4.78, 5) is 6.51. The summed E-state index contributed by atoms with van der Waals surface area (Å²) in [6.07, 6.45) is 2.70. The monoisotopic (exact) mass is 456 g/mol. The Labute approximate surface area is 182 Å². The third-order valence-electron chi connectivity index (χ3n) is 6.07. The predicted molar refractivity (Wildman–Crippen MR) is 117 cm³/mol. The van der Waals surface area contributed by atoms with Crippen LogP contribution in [-0.2, 0) is 6.54 Å². The molecule has 4 rings (SSSR count). The van der Waals surface area contributed by atoms with Crippen molar-refractivity contribution in [2.75, 3.05) is 24.4 Å². The van der Waals surface area contributed by atoms with E-state index in [0.717, 1.165) is 5.69 Å². The van der Waals surface area contributed by atoms with Crippen LogP contribution in [0.3, 0.4) is 0 Å². The number of likely N-dealkylation sites (tertiary alicyclic amines) is 1. The van der Waals surface area contributed by atoms with Crippen molar-refractivity contribution in [3.63, 3.8) is 0 Å². The molecular weight excluding hydrogens is 431 g/mol. The van der Waals surface area contributed by atoms with E-state index in [0.29, 0.717) is 38.2 Å². The van der Waals surface area contributed by atoms with Gasteiger partial charge in [-0.1, -0.05) is 28.6 Å². The van der Waals surface area contributed by atoms with Gasteiger partial charge in [0.25, 0.3) is 0 Å². The highest BCUT2D eigenvalue weighted by Gasteiger charge is 2.55. The molecule has 2 aromatic rings. The Morgan fingerprint density at radius 3 is 2.77 bits per heavy atom. The Balaban J connectivity index is 1.59. The van der Waals surface area contributed by atoms with Gasteiger partial charge >= 0.3 is 0 Å². The third-order valence-corrected chi connectivity index (χ3v) is 8.43. The summed E-state index contributed by atoms with van der Waals surface area (Å²) in [5.41, 5.74) is 0.722. The van der Waals surface area contributed by atoms with Gasteiger partial charge in [0.15, 0.2) is 5.75 Å². The van der Waals surface area contributed by atoms with Crippen LogP contribution >= 0.6 is 22.6 Å². The molecule has 0 bridgehead atoms. The lowest BCUT2D eigenvalue weighted by molar-refractivity contribution is 0.0992. The normalized spacial score (nSPS) is 28.2. The fourth-order valence-electron chi connectivity index (χ4n) is 4.66. The standard InChI is InChI=1S/C20H26ClFN4O3S/c1-14-10-20(6-7-25(14)12-16-9-18(21)19(27)11-23-16)13-24(2)30(28,29)26(20)17-5-3-4-15(22)8-17/h3-5,8-9,11,14,27-29H,6-7,10,12-13H2,1-2H3/t14-,20+/m0/s1. The summed E-state index contributed by atoms with van der Waals surface area (Å²) in [6.45, 7) is 3.85. The molecule has 2 aliphatic heterocycles. The molecule has 0 unspecified atom stereocenters. The number of benzene rings is 1. The highest BCUT2D eigenvalue weighted by Crippen LogP contribution is 2.61. The number of pyridine rings is 1. The van der Waals surface area contributed by atoms with E-state index < -0.39 is 22.3 Å². The van der Waals surface area contributed by atoms with Crippen LogP contribution in [0.5, 0.6) is 5.75 Å². The van der Waals surface area contributed by atoms with Gasteiger partial charge in [-0.3, -0.25) is 23.3 Å². The van der Waals surface area contributed by atoms with Gasteiger partial charge in [0.05, 0.1) is 28.1 Å². The van der Waals surface area contributed by atoms with Gasteiger partial charge in [0, 0.05) is 32.7 Å². The van der Waals surface area contributed by atoms with E-state index in [1.807, 2.05) is 0 Å². The lowest BCUT2D eigenvalue weighted by Crippen LogP contribution is -2.57. The Kier molecular flexibility index (Phi) is 5.63. The van der Waals surface area contributed by atoms with Gasteiger partial charge in [-0.05, 0) is 44.0 Å². The molecule has 0 saturated carbocycles. The molecule has 0 amide bonds. The molecule has 7 nitrogen and oxygen atoms in total. The topological polar surface area (TPSA) is 83.3 Å². The van der Waals surface area contributed by atoms with Crippen molar-refractivity contribution in [2.45, 2.75) is 37.9 Å². The van der Waals surface area contributed by atoms with E-state index >= 15 is 0 Å². The number of aromatic nitrogens is 1. The molecule has 2 atom stereocenters. The molecule has 2 aliphatic rings. The summed E-state index contributed by atoms with van der Waals surface area (Å²) in [5.74, 6) is -0.454. The van der Waals surface area contributed by atoms with Crippen molar-refractivity contribution < 1.29 is 18.6 Å². The van der Waals surface area contributed by atoms with Gasteiger partial charge in [-0.15, -0.1) is 0 Å². The molecule has 164 valence electrons. The molecule has 2 saturated heterocycles. The number of halogens is 2. The molecule has 10 heteroatoms. The first kappa shape index (κ1) is 21.6. The molecule has 0 radical (unpaired) electrons. The summed E-state index contributed by atoms with van der Waals surface area (Å²) < 4.78 is 39.0. The second-order valence-electron chi connectivity index (χ2n) is 8.18. The highest BCUT2D eigenvalue weighted by atomic mass is 35.5. The van der Waals surface area contributed by atoms with Crippen LogP contribution in [0.2, 0.25) is 5.02 Å². The number of hydrogen-bond acceptors (Lipinski definition) is 7. The van der Waals surface area contributed by atoms with Crippen LogP contribution in [0.15, 0.2) is 36.5 Å². The predicted octanol–water partition coefficient (Wildman–Crippen LogP) is 4.34. The Bertz CT molecular complexity index is 952. The fraction of sp³-hybridized carbons (Fsp3) is 0.450. The highest BCUT2D eigenvalue weighted by molar-refractivity contribution is 8.23. The number of hydrogen-bond donors (Lipinski definition) is 3. The van der Waals surface area contributed by atoms with E-state index in [4.69, 9.17) is 11.6 Å². The first-order chi connectivity index (χ1) is 14.1. The molecule has 3 N–H and O–H groups in total. The maximum absolute atomic E-state index is 13.9. The lowest BCUT2D eigenvalue weighted by Gasteiger charge is -2.51. The van der Waals surface area contributed by atoms with Crippen LogP contribution in [0.1, 0.15) is 25.5 Å². The van der Waals surface area contributed by atoms with Crippen molar-refractivity contribution in [3.05, 3.63) is 53.1 Å². The Hall–Kier alpha value is -1.62. The lowest BCUT2D eigenvalue weighted by atomic mass is 9.83. The SMILES string of the molecule is C[C@H]1C[C@]2(CCN1Cc1cc(Cl)c(O)cn1)CN(C)S(O)(O)N2c1cccc(F)c1. The van der Waals surface area contributed by atoms with Crippen molar-refractivity contribution in [3.8, 4) is 5.75 Å². The van der Waals surface area contributed by atoms with E-state index in [1.54, 1.807) is 33.9 Å². The van der Waals surface area contributed by atoms with Gasteiger partial charge < -0.3 is 5.11 Å². The zero-order valence-electron chi connectivity index (χ0n) is 16.9. The van der Waals surface area contributed by atoms with Crippen molar-refractivity contribution >= 4 is 28.3 Å². The van der Waals surface area contributed by atoms with Crippen LogP contribution < -0.4 is 4.31 Å². The minimum atomic E-state index is -3.23. The van der Waals surface area contributed by atoms with Crippen LogP contribution in [0.4, 0.5) is 10.1 Å². The number of likely N-dealkylation sites (N-methyl/N-ethyl adjacent to an activating group) is 1. The summed E-state index contributed by atoms with van der Waals surface area (Å²) in [5, 5.41) is 9.85. The molecule has 1 spiro atoms. The average Bonchev–Trinajstić information content (AvgIpc) is 2.85. The maximum Gasteiger partial charge on any atom is 0.152 e. The molecule has 2 fully saturated rings. The number of anilines is 1. The first-order valence-electron chi connectivity index (χ1n) is 9.75. The zero-order chi connectivity index (χ0) is 21.7. The number of piperidine rings is 1. The van der Waals surface area contributed by atoms with Gasteiger partial charge in [-0.2, -0.15) is 4.31 Å². The van der Waals surface area contributed by atoms with Crippen LogP contribution in [0.25, 0.3) is 0 Å². The quantitative estimate of drug-likeness (QED) is 0.633. The smallest absolute Gasteiger partial charge is 0.152 e. The fourth-order valence-corrected chi connectivity index (χ4v) is 6.66. The van der Waals surface area contributed by atoms with E-state index in [1.165, 1.54) is 18.3 Å². The van der Waals surface area contributed by atoms with Crippen molar-refractivity contribution in [1.82, 2.24) is 14.2 Å². The van der Waals surface area contributed by atoms with E-state index in [-0.39, 0.29) is 16.8 Å². The van der Waals surface area contributed by atoms with Gasteiger partial charge in [-0.25, -0.2) is 4.39 Å².